The molecule has 0 radical (unpaired) electrons. The van der Waals surface area contributed by atoms with Gasteiger partial charge in [-0.1, -0.05) is 0 Å². The van der Waals surface area contributed by atoms with Crippen molar-refractivity contribution in [3.8, 4) is 11.5 Å². The van der Waals surface area contributed by atoms with Gasteiger partial charge in [0.2, 0.25) is 0 Å². The molecule has 5 heteroatoms. The quantitative estimate of drug-likeness (QED) is 0.884. The summed E-state index contributed by atoms with van der Waals surface area (Å²) < 4.78 is 11.6. The van der Waals surface area contributed by atoms with Crippen molar-refractivity contribution >= 4 is 5.97 Å². The van der Waals surface area contributed by atoms with Crippen molar-refractivity contribution in [2.75, 3.05) is 26.8 Å². The third-order valence-electron chi connectivity index (χ3n) is 5.88. The molecule has 0 amide bonds. The van der Waals surface area contributed by atoms with E-state index in [9.17, 15) is 9.90 Å². The third kappa shape index (κ3) is 3.22. The van der Waals surface area contributed by atoms with E-state index in [1.807, 2.05) is 13.8 Å². The molecule has 2 aliphatic rings. The number of nitrogens with zero attached hydrogens (tertiary/aromatic N) is 1. The first-order valence-corrected chi connectivity index (χ1v) is 9.39. The molecule has 3 rings (SSSR count). The summed E-state index contributed by atoms with van der Waals surface area (Å²) in [4.78, 5) is 13.8. The average molecular weight is 347 g/mol. The van der Waals surface area contributed by atoms with Crippen LogP contribution in [0.1, 0.15) is 50.7 Å². The molecular weight excluding hydrogens is 318 g/mol. The molecule has 25 heavy (non-hydrogen) atoms. The molecule has 0 unspecified atom stereocenters. The van der Waals surface area contributed by atoms with Crippen LogP contribution in [-0.4, -0.2) is 42.8 Å². The largest absolute Gasteiger partial charge is 0.490 e. The Morgan fingerprint density at radius 2 is 1.80 bits per heavy atom. The van der Waals surface area contributed by atoms with E-state index >= 15 is 0 Å². The van der Waals surface area contributed by atoms with Crippen molar-refractivity contribution in [1.29, 1.82) is 0 Å². The number of carboxylic acid groups (broad SMARTS) is 1. The summed E-state index contributed by atoms with van der Waals surface area (Å²) in [6.45, 7) is 6.17. The van der Waals surface area contributed by atoms with Crippen LogP contribution < -0.4 is 9.47 Å². The van der Waals surface area contributed by atoms with Crippen LogP contribution in [0.4, 0.5) is 0 Å². The van der Waals surface area contributed by atoms with Crippen LogP contribution in [0, 0.1) is 5.92 Å². The summed E-state index contributed by atoms with van der Waals surface area (Å²) in [5, 5.41) is 9.35. The van der Waals surface area contributed by atoms with E-state index in [0.717, 1.165) is 50.1 Å². The Labute approximate surface area is 149 Å². The van der Waals surface area contributed by atoms with Gasteiger partial charge in [0.05, 0.1) is 19.1 Å². The predicted molar refractivity (Wildman–Crippen MR) is 96.4 cm³/mol. The number of hydrogen-bond acceptors (Lipinski definition) is 4. The highest BCUT2D eigenvalue weighted by Gasteiger charge is 2.45. The lowest BCUT2D eigenvalue weighted by Crippen LogP contribution is -2.51. The Kier molecular flexibility index (Phi) is 5.23. The fourth-order valence-corrected chi connectivity index (χ4v) is 4.48. The van der Waals surface area contributed by atoms with Crippen LogP contribution in [0.25, 0.3) is 0 Å². The van der Waals surface area contributed by atoms with E-state index in [-0.39, 0.29) is 11.5 Å². The monoisotopic (exact) mass is 347 g/mol. The Morgan fingerprint density at radius 1 is 1.20 bits per heavy atom. The summed E-state index contributed by atoms with van der Waals surface area (Å²) >= 11 is 0. The van der Waals surface area contributed by atoms with Crippen LogP contribution >= 0.6 is 0 Å². The van der Waals surface area contributed by atoms with E-state index in [0.29, 0.717) is 13.2 Å². The van der Waals surface area contributed by atoms with E-state index in [4.69, 9.17) is 9.47 Å². The highest BCUT2D eigenvalue weighted by atomic mass is 16.5. The van der Waals surface area contributed by atoms with Crippen molar-refractivity contribution < 1.29 is 19.4 Å². The molecule has 1 aromatic carbocycles. The van der Waals surface area contributed by atoms with Crippen molar-refractivity contribution in [2.24, 2.45) is 5.92 Å². The minimum atomic E-state index is -0.657. The molecule has 1 heterocycles. The van der Waals surface area contributed by atoms with Crippen molar-refractivity contribution in [1.82, 2.24) is 4.90 Å². The molecule has 0 saturated heterocycles. The maximum absolute atomic E-state index is 11.4. The molecule has 138 valence electrons. The lowest BCUT2D eigenvalue weighted by molar-refractivity contribution is -0.144. The predicted octanol–water partition coefficient (Wildman–Crippen LogP) is 3.44. The van der Waals surface area contributed by atoms with Crippen molar-refractivity contribution in [2.45, 2.75) is 51.5 Å². The molecule has 1 aliphatic carbocycles. The highest BCUT2D eigenvalue weighted by molar-refractivity contribution is 5.70. The zero-order valence-electron chi connectivity index (χ0n) is 15.5. The van der Waals surface area contributed by atoms with Gasteiger partial charge in [-0.2, -0.15) is 0 Å². The fourth-order valence-electron chi connectivity index (χ4n) is 4.48. The Bertz CT molecular complexity index is 635. The number of carbonyl (C=O) groups is 1. The average Bonchev–Trinajstić information content (AvgIpc) is 2.60. The maximum Gasteiger partial charge on any atom is 0.306 e. The molecule has 1 aliphatic heterocycles. The number of carboxylic acids is 1. The lowest BCUT2D eigenvalue weighted by Gasteiger charge is -2.50. The molecule has 1 spiro atoms. The molecule has 0 bridgehead atoms. The Hall–Kier alpha value is -1.75. The van der Waals surface area contributed by atoms with Gasteiger partial charge in [-0.25, -0.2) is 0 Å². The van der Waals surface area contributed by atoms with E-state index < -0.39 is 5.97 Å². The summed E-state index contributed by atoms with van der Waals surface area (Å²) in [6.07, 6.45) is 4.22. The van der Waals surface area contributed by atoms with Crippen LogP contribution in [0.15, 0.2) is 12.1 Å². The molecule has 5 nitrogen and oxygen atoms in total. The SMILES string of the molecule is CCOc1cc2c(cc1OCC)[C@]1(CC[C@H](C(=O)O)CC1)N(C)CC2. The van der Waals surface area contributed by atoms with Gasteiger partial charge in [0.25, 0.3) is 0 Å². The molecular formula is C20H29NO4. The number of hydrogen-bond donors (Lipinski definition) is 1. The summed E-state index contributed by atoms with van der Waals surface area (Å²) in [6, 6.07) is 4.29. The topological polar surface area (TPSA) is 59.0 Å². The van der Waals surface area contributed by atoms with Crippen LogP contribution in [0.3, 0.4) is 0 Å². The first-order valence-electron chi connectivity index (χ1n) is 9.39. The lowest BCUT2D eigenvalue weighted by atomic mass is 9.68. The summed E-state index contributed by atoms with van der Waals surface area (Å²) in [5.41, 5.74) is 2.55. The van der Waals surface area contributed by atoms with Gasteiger partial charge in [-0.15, -0.1) is 0 Å². The van der Waals surface area contributed by atoms with Gasteiger partial charge >= 0.3 is 5.97 Å². The number of rotatable bonds is 5. The molecule has 1 aromatic rings. The molecule has 1 N–H and O–H groups in total. The normalized spacial score (nSPS) is 26.3. The third-order valence-corrected chi connectivity index (χ3v) is 5.88. The van der Waals surface area contributed by atoms with Crippen LogP contribution in [0.2, 0.25) is 0 Å². The molecule has 1 saturated carbocycles. The number of fused-ring (bicyclic) bond motifs is 2. The minimum Gasteiger partial charge on any atom is -0.490 e. The van der Waals surface area contributed by atoms with Gasteiger partial charge in [-0.3, -0.25) is 9.69 Å². The van der Waals surface area contributed by atoms with Gasteiger partial charge in [0, 0.05) is 12.1 Å². The highest BCUT2D eigenvalue weighted by Crippen LogP contribution is 2.49. The van der Waals surface area contributed by atoms with Gasteiger partial charge in [0.1, 0.15) is 0 Å². The second-order valence-electron chi connectivity index (χ2n) is 7.14. The first-order chi connectivity index (χ1) is 12.0. The zero-order chi connectivity index (χ0) is 18.0. The zero-order valence-corrected chi connectivity index (χ0v) is 15.5. The Morgan fingerprint density at radius 3 is 2.36 bits per heavy atom. The molecule has 0 aromatic heterocycles. The van der Waals surface area contributed by atoms with Crippen molar-refractivity contribution in [3.63, 3.8) is 0 Å². The van der Waals surface area contributed by atoms with Crippen LogP contribution in [0.5, 0.6) is 11.5 Å². The number of benzene rings is 1. The smallest absolute Gasteiger partial charge is 0.306 e. The van der Waals surface area contributed by atoms with E-state index in [1.165, 1.54) is 11.1 Å². The summed E-state index contributed by atoms with van der Waals surface area (Å²) in [5.74, 6) is 0.758. The number of ether oxygens (including phenoxy) is 2. The number of likely N-dealkylation sites (N-methyl/N-ethyl adjacent to an activating group) is 1. The van der Waals surface area contributed by atoms with Crippen LogP contribution in [-0.2, 0) is 16.8 Å². The standard InChI is InChI=1S/C20H29NO4/c1-4-24-17-12-15-8-11-21(3)20(16(15)13-18(17)25-5-2)9-6-14(7-10-20)19(22)23/h12-14H,4-11H2,1-3H3,(H,22,23)/t14-,20+. The maximum atomic E-state index is 11.4. The first kappa shape index (κ1) is 18.1. The second kappa shape index (κ2) is 7.24. The van der Waals surface area contributed by atoms with Crippen molar-refractivity contribution in [3.05, 3.63) is 23.3 Å². The van der Waals surface area contributed by atoms with E-state index in [1.54, 1.807) is 0 Å². The fraction of sp³-hybridized carbons (Fsp3) is 0.650. The van der Waals surface area contributed by atoms with Gasteiger partial charge in [0.15, 0.2) is 11.5 Å². The molecule has 1 fully saturated rings. The van der Waals surface area contributed by atoms with E-state index in [2.05, 4.69) is 24.1 Å². The van der Waals surface area contributed by atoms with Gasteiger partial charge < -0.3 is 14.6 Å². The molecule has 0 atom stereocenters. The Balaban J connectivity index is 2.00. The summed E-state index contributed by atoms with van der Waals surface area (Å²) in [7, 11) is 2.17. The second-order valence-corrected chi connectivity index (χ2v) is 7.14. The number of aliphatic carboxylic acids is 1. The minimum absolute atomic E-state index is 0.0733. The van der Waals surface area contributed by atoms with Gasteiger partial charge in [-0.05, 0) is 76.3 Å².